The summed E-state index contributed by atoms with van der Waals surface area (Å²) in [6.07, 6.45) is 2.98. The van der Waals surface area contributed by atoms with Gasteiger partial charge in [0.2, 0.25) is 0 Å². The topological polar surface area (TPSA) is 28.7 Å². The van der Waals surface area contributed by atoms with E-state index in [1.165, 1.54) is 5.56 Å². The minimum absolute atomic E-state index is 0.628. The number of benzene rings is 2. The zero-order valence-corrected chi connectivity index (χ0v) is 16.0. The number of hydrogen-bond acceptors (Lipinski definition) is 1. The highest BCUT2D eigenvalue weighted by atomic mass is 35.5. The molecule has 1 aromatic heterocycles. The number of nitrogens with zero attached hydrogens (tertiary/aromatic N) is 2. The lowest BCUT2D eigenvalue weighted by Gasteiger charge is -2.10. The Morgan fingerprint density at radius 2 is 1.73 bits per heavy atom. The number of halogens is 1. The predicted molar refractivity (Wildman–Crippen MR) is 110 cm³/mol. The molecule has 2 aromatic carbocycles. The molecular formula is C23H21ClN2. The van der Waals surface area contributed by atoms with Crippen LogP contribution in [0.3, 0.4) is 0 Å². The van der Waals surface area contributed by atoms with Crippen molar-refractivity contribution in [3.05, 3.63) is 87.7 Å². The Morgan fingerprint density at radius 1 is 1.08 bits per heavy atom. The van der Waals surface area contributed by atoms with E-state index < -0.39 is 0 Å². The van der Waals surface area contributed by atoms with Gasteiger partial charge in [-0.3, -0.25) is 0 Å². The predicted octanol–water partition coefficient (Wildman–Crippen LogP) is 6.37. The van der Waals surface area contributed by atoms with Crippen molar-refractivity contribution in [2.75, 3.05) is 0 Å². The average Bonchev–Trinajstić information content (AvgIpc) is 2.94. The molecular weight excluding hydrogens is 340 g/mol. The first-order valence-electron chi connectivity index (χ1n) is 8.69. The lowest BCUT2D eigenvalue weighted by Crippen LogP contribution is -1.99. The van der Waals surface area contributed by atoms with Crippen molar-refractivity contribution in [2.45, 2.75) is 27.2 Å². The Kier molecular flexibility index (Phi) is 5.30. The molecule has 3 rings (SSSR count). The maximum Gasteiger partial charge on any atom is 0.0998 e. The summed E-state index contributed by atoms with van der Waals surface area (Å²) in [6.45, 7) is 6.33. The van der Waals surface area contributed by atoms with Crippen LogP contribution in [0.5, 0.6) is 0 Å². The van der Waals surface area contributed by atoms with Gasteiger partial charge in [-0.15, -0.1) is 0 Å². The van der Waals surface area contributed by atoms with Gasteiger partial charge in [0.05, 0.1) is 11.6 Å². The van der Waals surface area contributed by atoms with Crippen molar-refractivity contribution < 1.29 is 0 Å². The first-order valence-corrected chi connectivity index (χ1v) is 9.07. The van der Waals surface area contributed by atoms with Crippen LogP contribution in [0.4, 0.5) is 0 Å². The molecule has 3 aromatic rings. The van der Waals surface area contributed by atoms with Crippen molar-refractivity contribution in [2.24, 2.45) is 0 Å². The van der Waals surface area contributed by atoms with Gasteiger partial charge >= 0.3 is 0 Å². The highest BCUT2D eigenvalue weighted by Crippen LogP contribution is 2.26. The molecule has 0 unspecified atom stereocenters. The van der Waals surface area contributed by atoms with E-state index in [9.17, 15) is 5.26 Å². The Balaban J connectivity index is 2.03. The molecule has 130 valence electrons. The number of aromatic nitrogens is 1. The fourth-order valence-corrected chi connectivity index (χ4v) is 3.30. The van der Waals surface area contributed by atoms with E-state index in [-0.39, 0.29) is 0 Å². The summed E-state index contributed by atoms with van der Waals surface area (Å²) < 4.78 is 2.22. The van der Waals surface area contributed by atoms with E-state index in [1.54, 1.807) is 12.1 Å². The summed E-state index contributed by atoms with van der Waals surface area (Å²) in [4.78, 5) is 0. The minimum atomic E-state index is 0.628. The van der Waals surface area contributed by atoms with Crippen molar-refractivity contribution in [3.63, 3.8) is 0 Å². The third kappa shape index (κ3) is 3.59. The Bertz CT molecular complexity index is 984. The van der Waals surface area contributed by atoms with Crippen LogP contribution in [0, 0.1) is 25.2 Å². The fourth-order valence-electron chi connectivity index (χ4n) is 3.18. The Labute approximate surface area is 160 Å². The largest absolute Gasteiger partial charge is 0.318 e. The van der Waals surface area contributed by atoms with Crippen molar-refractivity contribution in [3.8, 4) is 11.8 Å². The maximum absolute atomic E-state index is 9.59. The molecule has 0 atom stereocenters. The molecule has 0 N–H and O–H groups in total. The number of allylic oxidation sites excluding steroid dienone is 1. The van der Waals surface area contributed by atoms with E-state index in [1.807, 2.05) is 18.2 Å². The zero-order chi connectivity index (χ0) is 18.7. The molecule has 1 heterocycles. The van der Waals surface area contributed by atoms with Gasteiger partial charge in [-0.2, -0.15) is 5.26 Å². The number of aryl methyl sites for hydroxylation is 2. The molecule has 0 aliphatic carbocycles. The first-order chi connectivity index (χ1) is 12.5. The number of nitriles is 1. The van der Waals surface area contributed by atoms with E-state index >= 15 is 0 Å². The molecule has 2 nitrogen and oxygen atoms in total. The highest BCUT2D eigenvalue weighted by Gasteiger charge is 2.11. The minimum Gasteiger partial charge on any atom is -0.318 e. The lowest BCUT2D eigenvalue weighted by atomic mass is 10.0. The van der Waals surface area contributed by atoms with Crippen molar-refractivity contribution in [1.29, 1.82) is 5.26 Å². The van der Waals surface area contributed by atoms with Crippen LogP contribution in [-0.2, 0) is 6.42 Å². The summed E-state index contributed by atoms with van der Waals surface area (Å²) in [6, 6.07) is 20.4. The normalized spacial score (nSPS) is 11.4. The average molecular weight is 361 g/mol. The van der Waals surface area contributed by atoms with E-state index in [2.05, 4.69) is 61.7 Å². The first kappa shape index (κ1) is 18.0. The molecule has 0 radical (unpaired) electrons. The summed E-state index contributed by atoms with van der Waals surface area (Å²) in [7, 11) is 0. The van der Waals surface area contributed by atoms with Crippen LogP contribution >= 0.6 is 11.6 Å². The molecule has 0 amide bonds. The van der Waals surface area contributed by atoms with Crippen LogP contribution in [0.25, 0.3) is 17.3 Å². The summed E-state index contributed by atoms with van der Waals surface area (Å²) in [5, 5.41) is 10.3. The molecule has 0 aliphatic heterocycles. The van der Waals surface area contributed by atoms with E-state index in [0.717, 1.165) is 34.6 Å². The molecule has 0 aliphatic rings. The second-order valence-corrected chi connectivity index (χ2v) is 6.80. The van der Waals surface area contributed by atoms with E-state index in [4.69, 9.17) is 11.6 Å². The smallest absolute Gasteiger partial charge is 0.0998 e. The van der Waals surface area contributed by atoms with E-state index in [0.29, 0.717) is 10.6 Å². The van der Waals surface area contributed by atoms with Gasteiger partial charge in [-0.25, -0.2) is 0 Å². The highest BCUT2D eigenvalue weighted by molar-refractivity contribution is 6.30. The summed E-state index contributed by atoms with van der Waals surface area (Å²) in [5.74, 6) is 0. The van der Waals surface area contributed by atoms with Gasteiger partial charge in [-0.1, -0.05) is 42.8 Å². The van der Waals surface area contributed by atoms with Crippen LogP contribution in [-0.4, -0.2) is 4.57 Å². The van der Waals surface area contributed by atoms with Crippen LogP contribution in [0.15, 0.2) is 54.6 Å². The number of rotatable bonds is 4. The lowest BCUT2D eigenvalue weighted by molar-refractivity contribution is 0.961. The monoisotopic (exact) mass is 360 g/mol. The molecule has 0 saturated heterocycles. The van der Waals surface area contributed by atoms with Gasteiger partial charge in [0.15, 0.2) is 0 Å². The van der Waals surface area contributed by atoms with Crippen molar-refractivity contribution in [1.82, 2.24) is 4.57 Å². The third-order valence-electron chi connectivity index (χ3n) is 4.65. The van der Waals surface area contributed by atoms with Gasteiger partial charge in [0.25, 0.3) is 0 Å². The van der Waals surface area contributed by atoms with Gasteiger partial charge in [-0.05, 0) is 73.4 Å². The Hall–Kier alpha value is -2.76. The van der Waals surface area contributed by atoms with Gasteiger partial charge < -0.3 is 4.57 Å². The van der Waals surface area contributed by atoms with Crippen LogP contribution in [0.2, 0.25) is 5.02 Å². The molecule has 0 spiro atoms. The standard InChI is InChI=1S/C23H21ClN2/c1-4-18-5-11-23(12-6-18)26-16(2)13-20(17(26)3)14-21(15-25)19-7-9-22(24)10-8-19/h5-14H,4H2,1-3H3/b21-14-. The fraction of sp³-hybridized carbons (Fsp3) is 0.174. The molecule has 3 heteroatoms. The Morgan fingerprint density at radius 3 is 2.31 bits per heavy atom. The summed E-state index contributed by atoms with van der Waals surface area (Å²) >= 11 is 5.95. The van der Waals surface area contributed by atoms with Gasteiger partial charge in [0.1, 0.15) is 0 Å². The van der Waals surface area contributed by atoms with Crippen LogP contribution < -0.4 is 0 Å². The quantitative estimate of drug-likeness (QED) is 0.496. The molecule has 26 heavy (non-hydrogen) atoms. The van der Waals surface area contributed by atoms with Crippen molar-refractivity contribution >= 4 is 23.3 Å². The maximum atomic E-state index is 9.59. The molecule has 0 fully saturated rings. The molecule has 0 bridgehead atoms. The van der Waals surface area contributed by atoms with Gasteiger partial charge in [0, 0.05) is 22.1 Å². The second-order valence-electron chi connectivity index (χ2n) is 6.36. The third-order valence-corrected chi connectivity index (χ3v) is 4.90. The zero-order valence-electron chi connectivity index (χ0n) is 15.3. The summed E-state index contributed by atoms with van der Waals surface area (Å²) in [5.41, 5.74) is 7.28. The second kappa shape index (κ2) is 7.64. The molecule has 0 saturated carbocycles. The van der Waals surface area contributed by atoms with Crippen LogP contribution in [0.1, 0.15) is 35.0 Å². The number of hydrogen-bond donors (Lipinski definition) is 0. The SMILES string of the molecule is CCc1ccc(-n2c(C)cc(/C=C(/C#N)c3ccc(Cl)cc3)c2C)cc1.